The first-order valence-electron chi connectivity index (χ1n) is 7.38. The van der Waals surface area contributed by atoms with Crippen LogP contribution in [0.2, 0.25) is 5.02 Å². The molecule has 0 radical (unpaired) electrons. The van der Waals surface area contributed by atoms with Gasteiger partial charge >= 0.3 is 0 Å². The Morgan fingerprint density at radius 3 is 2.84 bits per heavy atom. The van der Waals surface area contributed by atoms with Gasteiger partial charge in [0, 0.05) is 37.9 Å². The molecule has 19 heavy (non-hydrogen) atoms. The van der Waals surface area contributed by atoms with E-state index in [4.69, 9.17) is 11.6 Å². The van der Waals surface area contributed by atoms with E-state index >= 15 is 0 Å². The van der Waals surface area contributed by atoms with Crippen molar-refractivity contribution in [2.24, 2.45) is 0 Å². The van der Waals surface area contributed by atoms with Crippen LogP contribution in [-0.4, -0.2) is 57.8 Å². The van der Waals surface area contributed by atoms with Crippen molar-refractivity contribution < 1.29 is 0 Å². The van der Waals surface area contributed by atoms with Gasteiger partial charge in [0.25, 0.3) is 0 Å². The van der Waals surface area contributed by atoms with Crippen molar-refractivity contribution in [2.45, 2.75) is 44.8 Å². The van der Waals surface area contributed by atoms with Crippen LogP contribution in [0.15, 0.2) is 12.4 Å². The molecule has 3 heterocycles. The second kappa shape index (κ2) is 5.81. The molecule has 0 aliphatic carbocycles. The quantitative estimate of drug-likeness (QED) is 0.845. The molecule has 0 aromatic carbocycles. The zero-order valence-electron chi connectivity index (χ0n) is 11.6. The number of hydrogen-bond donors (Lipinski definition) is 0. The zero-order chi connectivity index (χ0) is 13.2. The Morgan fingerprint density at radius 1 is 1.32 bits per heavy atom. The van der Waals surface area contributed by atoms with Gasteiger partial charge in [-0.2, -0.15) is 5.10 Å². The Hall–Kier alpha value is -0.580. The number of nitrogens with zero attached hydrogens (tertiary/aromatic N) is 4. The SMILES string of the molecule is CC1CCCCN1C1CN(CCn2cc(Cl)cn2)C1. The van der Waals surface area contributed by atoms with Crippen LogP contribution in [0.1, 0.15) is 26.2 Å². The lowest BCUT2D eigenvalue weighted by Crippen LogP contribution is -2.62. The van der Waals surface area contributed by atoms with Gasteiger partial charge in [-0.15, -0.1) is 0 Å². The van der Waals surface area contributed by atoms with Crippen molar-refractivity contribution in [2.75, 3.05) is 26.2 Å². The van der Waals surface area contributed by atoms with Crippen LogP contribution in [-0.2, 0) is 6.54 Å². The summed E-state index contributed by atoms with van der Waals surface area (Å²) < 4.78 is 1.93. The Morgan fingerprint density at radius 2 is 2.16 bits per heavy atom. The van der Waals surface area contributed by atoms with Gasteiger partial charge in [-0.25, -0.2) is 0 Å². The van der Waals surface area contributed by atoms with Crippen molar-refractivity contribution in [1.29, 1.82) is 0 Å². The lowest BCUT2D eigenvalue weighted by atomic mass is 9.97. The largest absolute Gasteiger partial charge is 0.298 e. The third-order valence-electron chi connectivity index (χ3n) is 4.51. The normalized spacial score (nSPS) is 26.5. The second-order valence-electron chi connectivity index (χ2n) is 5.92. The van der Waals surface area contributed by atoms with Gasteiger partial charge in [0.1, 0.15) is 0 Å². The zero-order valence-corrected chi connectivity index (χ0v) is 12.4. The fourth-order valence-corrected chi connectivity index (χ4v) is 3.46. The summed E-state index contributed by atoms with van der Waals surface area (Å²) in [4.78, 5) is 5.23. The number of halogens is 1. The smallest absolute Gasteiger partial charge is 0.0785 e. The molecule has 1 aromatic heterocycles. The third kappa shape index (κ3) is 3.12. The lowest BCUT2D eigenvalue weighted by molar-refractivity contribution is -0.00385. The van der Waals surface area contributed by atoms with Gasteiger partial charge in [-0.3, -0.25) is 14.5 Å². The van der Waals surface area contributed by atoms with E-state index in [1.54, 1.807) is 6.20 Å². The molecule has 2 aliphatic heterocycles. The molecule has 5 heteroatoms. The highest BCUT2D eigenvalue weighted by Gasteiger charge is 2.34. The number of aromatic nitrogens is 2. The van der Waals surface area contributed by atoms with Gasteiger partial charge in [0.05, 0.1) is 17.8 Å². The molecule has 106 valence electrons. The highest BCUT2D eigenvalue weighted by Crippen LogP contribution is 2.24. The van der Waals surface area contributed by atoms with Crippen molar-refractivity contribution in [3.8, 4) is 0 Å². The molecule has 0 saturated carbocycles. The summed E-state index contributed by atoms with van der Waals surface area (Å²) in [5, 5.41) is 4.94. The fraction of sp³-hybridized carbons (Fsp3) is 0.786. The molecule has 2 aliphatic rings. The van der Waals surface area contributed by atoms with E-state index in [1.165, 1.54) is 38.9 Å². The molecule has 2 saturated heterocycles. The first-order valence-corrected chi connectivity index (χ1v) is 7.76. The summed E-state index contributed by atoms with van der Waals surface area (Å²) in [6.45, 7) is 8.15. The van der Waals surface area contributed by atoms with E-state index in [1.807, 2.05) is 10.9 Å². The first-order chi connectivity index (χ1) is 9.22. The summed E-state index contributed by atoms with van der Waals surface area (Å²) in [5.74, 6) is 0. The maximum Gasteiger partial charge on any atom is 0.0785 e. The summed E-state index contributed by atoms with van der Waals surface area (Å²) in [6, 6.07) is 1.57. The van der Waals surface area contributed by atoms with Crippen LogP contribution in [0, 0.1) is 0 Å². The van der Waals surface area contributed by atoms with E-state index in [0.717, 1.165) is 30.2 Å². The first kappa shape index (κ1) is 13.4. The molecule has 1 unspecified atom stereocenters. The van der Waals surface area contributed by atoms with Crippen LogP contribution in [0.3, 0.4) is 0 Å². The van der Waals surface area contributed by atoms with Crippen LogP contribution >= 0.6 is 11.6 Å². The molecular formula is C14H23ClN4. The van der Waals surface area contributed by atoms with Gasteiger partial charge in [-0.1, -0.05) is 18.0 Å². The van der Waals surface area contributed by atoms with Crippen LogP contribution in [0.4, 0.5) is 0 Å². The topological polar surface area (TPSA) is 24.3 Å². The van der Waals surface area contributed by atoms with Gasteiger partial charge in [0.2, 0.25) is 0 Å². The standard InChI is InChI=1S/C14H23ClN4/c1-12-4-2-3-5-19(12)14-10-17(11-14)6-7-18-9-13(15)8-16-18/h8-9,12,14H,2-7,10-11H2,1H3. The van der Waals surface area contributed by atoms with E-state index in [-0.39, 0.29) is 0 Å². The second-order valence-corrected chi connectivity index (χ2v) is 6.35. The summed E-state index contributed by atoms with van der Waals surface area (Å²) in [6.07, 6.45) is 7.77. The Bertz CT molecular complexity index is 413. The number of rotatable bonds is 4. The minimum Gasteiger partial charge on any atom is -0.298 e. The molecule has 0 spiro atoms. The van der Waals surface area contributed by atoms with Gasteiger partial charge in [-0.05, 0) is 26.3 Å². The van der Waals surface area contributed by atoms with E-state index < -0.39 is 0 Å². The van der Waals surface area contributed by atoms with Crippen molar-refractivity contribution in [1.82, 2.24) is 19.6 Å². The summed E-state index contributed by atoms with van der Waals surface area (Å²) >= 11 is 5.86. The summed E-state index contributed by atoms with van der Waals surface area (Å²) in [5.41, 5.74) is 0. The Kier molecular flexibility index (Phi) is 4.10. The number of piperidine rings is 1. The predicted octanol–water partition coefficient (Wildman–Crippen LogP) is 2.10. The maximum absolute atomic E-state index is 5.86. The lowest BCUT2D eigenvalue weighted by Gasteiger charge is -2.49. The van der Waals surface area contributed by atoms with E-state index in [9.17, 15) is 0 Å². The summed E-state index contributed by atoms with van der Waals surface area (Å²) in [7, 11) is 0. The van der Waals surface area contributed by atoms with E-state index in [0.29, 0.717) is 0 Å². The molecule has 4 nitrogen and oxygen atoms in total. The molecular weight excluding hydrogens is 260 g/mol. The molecule has 3 rings (SSSR count). The molecule has 2 fully saturated rings. The Balaban J connectivity index is 1.40. The minimum absolute atomic E-state index is 0.726. The van der Waals surface area contributed by atoms with Crippen molar-refractivity contribution in [3.63, 3.8) is 0 Å². The third-order valence-corrected chi connectivity index (χ3v) is 4.70. The monoisotopic (exact) mass is 282 g/mol. The predicted molar refractivity (Wildman–Crippen MR) is 77.5 cm³/mol. The molecule has 1 atom stereocenters. The average molecular weight is 283 g/mol. The number of hydrogen-bond acceptors (Lipinski definition) is 3. The molecule has 0 amide bonds. The molecule has 1 aromatic rings. The number of likely N-dealkylation sites (tertiary alicyclic amines) is 2. The van der Waals surface area contributed by atoms with Crippen molar-refractivity contribution >= 4 is 11.6 Å². The van der Waals surface area contributed by atoms with Crippen molar-refractivity contribution in [3.05, 3.63) is 17.4 Å². The van der Waals surface area contributed by atoms with E-state index in [2.05, 4.69) is 21.8 Å². The van der Waals surface area contributed by atoms with Crippen LogP contribution < -0.4 is 0 Å². The minimum atomic E-state index is 0.726. The maximum atomic E-state index is 5.86. The average Bonchev–Trinajstić information content (AvgIpc) is 2.75. The fourth-order valence-electron chi connectivity index (χ4n) is 3.30. The van der Waals surface area contributed by atoms with Gasteiger partial charge in [0.15, 0.2) is 0 Å². The Labute approximate surface area is 120 Å². The highest BCUT2D eigenvalue weighted by atomic mass is 35.5. The highest BCUT2D eigenvalue weighted by molar-refractivity contribution is 6.30. The molecule has 0 bridgehead atoms. The van der Waals surface area contributed by atoms with Crippen LogP contribution in [0.5, 0.6) is 0 Å². The molecule has 0 N–H and O–H groups in total. The van der Waals surface area contributed by atoms with Crippen LogP contribution in [0.25, 0.3) is 0 Å². The van der Waals surface area contributed by atoms with Gasteiger partial charge < -0.3 is 0 Å².